The second kappa shape index (κ2) is 7.60. The van der Waals surface area contributed by atoms with Gasteiger partial charge in [0.05, 0.1) is 5.71 Å². The summed E-state index contributed by atoms with van der Waals surface area (Å²) in [5, 5.41) is 7.15. The van der Waals surface area contributed by atoms with Gasteiger partial charge in [0, 0.05) is 17.5 Å². The third-order valence-electron chi connectivity index (χ3n) is 4.83. The molecule has 0 unspecified atom stereocenters. The van der Waals surface area contributed by atoms with E-state index in [1.165, 1.54) is 6.42 Å². The Morgan fingerprint density at radius 1 is 0.917 bits per heavy atom. The van der Waals surface area contributed by atoms with Gasteiger partial charge in [-0.15, -0.1) is 0 Å². The van der Waals surface area contributed by atoms with Gasteiger partial charge in [0.2, 0.25) is 11.8 Å². The molecule has 2 N–H and O–H groups in total. The topological polar surface area (TPSA) is 70.6 Å². The number of anilines is 1. The van der Waals surface area contributed by atoms with Gasteiger partial charge in [-0.1, -0.05) is 31.4 Å². The Morgan fingerprint density at radius 2 is 1.54 bits per heavy atom. The van der Waals surface area contributed by atoms with Crippen LogP contribution in [0.3, 0.4) is 0 Å². The molecule has 0 saturated heterocycles. The number of amides is 2. The lowest BCUT2D eigenvalue weighted by Gasteiger charge is -2.20. The quantitative estimate of drug-likeness (QED) is 0.642. The van der Waals surface area contributed by atoms with Crippen LogP contribution in [0.2, 0.25) is 0 Å². The van der Waals surface area contributed by atoms with Crippen LogP contribution in [0.1, 0.15) is 57.4 Å². The summed E-state index contributed by atoms with van der Waals surface area (Å²) in [6.45, 7) is 1.86. The van der Waals surface area contributed by atoms with Gasteiger partial charge in [0.1, 0.15) is 0 Å². The molecule has 0 spiro atoms. The van der Waals surface area contributed by atoms with E-state index in [-0.39, 0.29) is 23.7 Å². The van der Waals surface area contributed by atoms with Gasteiger partial charge in [0.25, 0.3) is 0 Å². The largest absolute Gasteiger partial charge is 0.326 e. The molecule has 2 amide bonds. The highest BCUT2D eigenvalue weighted by Gasteiger charge is 2.29. The van der Waals surface area contributed by atoms with Crippen LogP contribution in [0, 0.1) is 11.8 Å². The van der Waals surface area contributed by atoms with Crippen molar-refractivity contribution in [3.8, 4) is 0 Å². The zero-order valence-electron chi connectivity index (χ0n) is 14.2. The van der Waals surface area contributed by atoms with Crippen molar-refractivity contribution in [1.29, 1.82) is 0 Å². The fraction of sp³-hybridized carbons (Fsp3) is 0.526. The Balaban J connectivity index is 1.55. The number of hydrazone groups is 1. The molecule has 0 radical (unpaired) electrons. The van der Waals surface area contributed by atoms with Crippen LogP contribution in [0.4, 0.5) is 5.69 Å². The van der Waals surface area contributed by atoms with Gasteiger partial charge in [-0.05, 0) is 50.3 Å². The average molecular weight is 327 g/mol. The van der Waals surface area contributed by atoms with Crippen LogP contribution in [0.15, 0.2) is 29.4 Å². The molecule has 5 heteroatoms. The SMILES string of the molecule is C/C(=N/NC(=O)C1CC1)c1ccc(NC(=O)C2CCCCC2)cc1. The van der Waals surface area contributed by atoms with Crippen LogP contribution in [0.25, 0.3) is 0 Å². The minimum Gasteiger partial charge on any atom is -0.326 e. The van der Waals surface area contributed by atoms with E-state index in [0.717, 1.165) is 55.5 Å². The van der Waals surface area contributed by atoms with E-state index in [1.54, 1.807) is 0 Å². The predicted molar refractivity (Wildman–Crippen MR) is 94.7 cm³/mol. The normalized spacial score (nSPS) is 19.0. The third kappa shape index (κ3) is 4.43. The van der Waals surface area contributed by atoms with Crippen LogP contribution < -0.4 is 10.7 Å². The number of carbonyl (C=O) groups is 2. The number of hydrogen-bond donors (Lipinski definition) is 2. The summed E-state index contributed by atoms with van der Waals surface area (Å²) in [4.78, 5) is 23.9. The number of nitrogens with zero attached hydrogens (tertiary/aromatic N) is 1. The first-order valence-electron chi connectivity index (χ1n) is 8.89. The lowest BCUT2D eigenvalue weighted by molar-refractivity contribution is -0.122. The van der Waals surface area contributed by atoms with Crippen molar-refractivity contribution < 1.29 is 9.59 Å². The number of hydrogen-bond acceptors (Lipinski definition) is 3. The standard InChI is InChI=1S/C19H25N3O2/c1-13(21-22-19(24)16-7-8-16)14-9-11-17(12-10-14)20-18(23)15-5-3-2-4-6-15/h9-12,15-16H,2-8H2,1H3,(H,20,23)(H,22,24)/b21-13-. The monoisotopic (exact) mass is 327 g/mol. The van der Waals surface area contributed by atoms with Gasteiger partial charge >= 0.3 is 0 Å². The highest BCUT2D eigenvalue weighted by Crippen LogP contribution is 2.28. The Hall–Kier alpha value is -2.17. The second-order valence-corrected chi connectivity index (χ2v) is 6.85. The van der Waals surface area contributed by atoms with Gasteiger partial charge in [-0.2, -0.15) is 5.10 Å². The molecule has 0 atom stereocenters. The molecule has 0 aromatic heterocycles. The maximum atomic E-state index is 12.3. The van der Waals surface area contributed by atoms with E-state index >= 15 is 0 Å². The van der Waals surface area contributed by atoms with Crippen LogP contribution >= 0.6 is 0 Å². The lowest BCUT2D eigenvalue weighted by atomic mass is 9.88. The van der Waals surface area contributed by atoms with Crippen molar-refractivity contribution in [3.05, 3.63) is 29.8 Å². The highest BCUT2D eigenvalue weighted by molar-refractivity contribution is 6.00. The molecule has 24 heavy (non-hydrogen) atoms. The van der Waals surface area contributed by atoms with Crippen molar-refractivity contribution in [2.75, 3.05) is 5.32 Å². The van der Waals surface area contributed by atoms with E-state index in [4.69, 9.17) is 0 Å². The second-order valence-electron chi connectivity index (χ2n) is 6.85. The zero-order chi connectivity index (χ0) is 16.9. The molecular weight excluding hydrogens is 302 g/mol. The lowest BCUT2D eigenvalue weighted by Crippen LogP contribution is -2.24. The third-order valence-corrected chi connectivity index (χ3v) is 4.83. The van der Waals surface area contributed by atoms with Crippen LogP contribution in [-0.2, 0) is 9.59 Å². The molecule has 2 aliphatic carbocycles. The van der Waals surface area contributed by atoms with Crippen molar-refractivity contribution >= 4 is 23.2 Å². The molecule has 5 nitrogen and oxygen atoms in total. The maximum absolute atomic E-state index is 12.3. The number of benzene rings is 1. The molecule has 2 saturated carbocycles. The first-order valence-corrected chi connectivity index (χ1v) is 8.89. The Morgan fingerprint density at radius 3 is 2.17 bits per heavy atom. The first-order chi connectivity index (χ1) is 11.6. The van der Waals surface area contributed by atoms with E-state index in [0.29, 0.717) is 0 Å². The highest BCUT2D eigenvalue weighted by atomic mass is 16.2. The summed E-state index contributed by atoms with van der Waals surface area (Å²) in [7, 11) is 0. The molecule has 128 valence electrons. The number of carbonyl (C=O) groups excluding carboxylic acids is 2. The summed E-state index contributed by atoms with van der Waals surface area (Å²) in [6.07, 6.45) is 7.48. The molecular formula is C19H25N3O2. The van der Waals surface area contributed by atoms with Crippen molar-refractivity contribution in [2.45, 2.75) is 51.9 Å². The van der Waals surface area contributed by atoms with Crippen LogP contribution in [0.5, 0.6) is 0 Å². The molecule has 1 aromatic rings. The van der Waals surface area contributed by atoms with Crippen molar-refractivity contribution in [1.82, 2.24) is 5.43 Å². The summed E-state index contributed by atoms with van der Waals surface area (Å²) in [5.74, 6) is 0.438. The predicted octanol–water partition coefficient (Wildman–Crippen LogP) is 3.46. The smallest absolute Gasteiger partial charge is 0.243 e. The molecule has 2 aliphatic rings. The number of rotatable bonds is 5. The van der Waals surface area contributed by atoms with E-state index < -0.39 is 0 Å². The molecule has 0 aliphatic heterocycles. The summed E-state index contributed by atoms with van der Waals surface area (Å²) in [5.41, 5.74) is 5.11. The van der Waals surface area contributed by atoms with Crippen molar-refractivity contribution in [3.63, 3.8) is 0 Å². The molecule has 1 aromatic carbocycles. The molecule has 2 fully saturated rings. The minimum absolute atomic E-state index is 0.00529. The Labute approximate surface area is 142 Å². The van der Waals surface area contributed by atoms with Gasteiger partial charge in [0.15, 0.2) is 0 Å². The molecule has 3 rings (SSSR count). The van der Waals surface area contributed by atoms with E-state index in [9.17, 15) is 9.59 Å². The van der Waals surface area contributed by atoms with Gasteiger partial charge in [-0.3, -0.25) is 9.59 Å². The average Bonchev–Trinajstić information content (AvgIpc) is 3.46. The zero-order valence-corrected chi connectivity index (χ0v) is 14.2. The van der Waals surface area contributed by atoms with E-state index in [1.807, 2.05) is 31.2 Å². The van der Waals surface area contributed by atoms with Gasteiger partial charge < -0.3 is 5.32 Å². The van der Waals surface area contributed by atoms with Crippen LogP contribution in [-0.4, -0.2) is 17.5 Å². The minimum atomic E-state index is 0.00529. The summed E-state index contributed by atoms with van der Waals surface area (Å²) in [6, 6.07) is 7.60. The summed E-state index contributed by atoms with van der Waals surface area (Å²) < 4.78 is 0. The Kier molecular flexibility index (Phi) is 5.28. The first kappa shape index (κ1) is 16.7. The number of nitrogens with one attached hydrogen (secondary N) is 2. The fourth-order valence-electron chi connectivity index (χ4n) is 3.04. The fourth-order valence-corrected chi connectivity index (χ4v) is 3.04. The molecule has 0 bridgehead atoms. The molecule has 0 heterocycles. The Bertz CT molecular complexity index is 627. The van der Waals surface area contributed by atoms with Gasteiger partial charge in [-0.25, -0.2) is 5.43 Å². The summed E-state index contributed by atoms with van der Waals surface area (Å²) >= 11 is 0. The maximum Gasteiger partial charge on any atom is 0.243 e. The van der Waals surface area contributed by atoms with Crippen molar-refractivity contribution in [2.24, 2.45) is 16.9 Å². The van der Waals surface area contributed by atoms with E-state index in [2.05, 4.69) is 15.8 Å².